The average molecular weight is 820 g/mol. The van der Waals surface area contributed by atoms with Crippen LogP contribution in [-0.2, 0) is 24.0 Å². The predicted molar refractivity (Wildman–Crippen MR) is 249 cm³/mol. The van der Waals surface area contributed by atoms with Crippen molar-refractivity contribution in [2.75, 3.05) is 40.5 Å². The molecule has 0 aromatic heterocycles. The van der Waals surface area contributed by atoms with E-state index in [9.17, 15) is 9.59 Å². The number of likely N-dealkylation sites (N-methyl/N-ethyl adjacent to an activating group) is 1. The molecule has 0 amide bonds. The molecule has 0 heterocycles. The van der Waals surface area contributed by atoms with Crippen LogP contribution in [0.15, 0.2) is 36.5 Å². The van der Waals surface area contributed by atoms with Gasteiger partial charge < -0.3 is 14.7 Å². The van der Waals surface area contributed by atoms with Gasteiger partial charge in [-0.3, -0.25) is 19.3 Å². The minimum absolute atomic E-state index is 0.160. The van der Waals surface area contributed by atoms with Gasteiger partial charge in [-0.1, -0.05) is 159 Å². The van der Waals surface area contributed by atoms with Crippen molar-refractivity contribution in [2.24, 2.45) is 0 Å². The number of nitrogens with one attached hydrogen (secondary N) is 2. The van der Waals surface area contributed by atoms with E-state index >= 15 is 0 Å². The highest BCUT2D eigenvalue weighted by molar-refractivity contribution is 6.11. The second kappa shape index (κ2) is 53.1. The largest absolute Gasteiger partial charge is 0.481 e. The van der Waals surface area contributed by atoms with Gasteiger partial charge in [-0.25, -0.2) is 0 Å². The number of unbranched alkanes of at least 4 members (excludes halogenated alkanes) is 22. The van der Waals surface area contributed by atoms with Crippen molar-refractivity contribution in [3.63, 3.8) is 0 Å². The van der Waals surface area contributed by atoms with Crippen LogP contribution in [0.4, 0.5) is 0 Å². The van der Waals surface area contributed by atoms with E-state index in [1.165, 1.54) is 171 Å². The van der Waals surface area contributed by atoms with E-state index < -0.39 is 5.97 Å². The summed E-state index contributed by atoms with van der Waals surface area (Å²) in [6.07, 6.45) is 46.3. The Hall–Kier alpha value is -1.94. The van der Waals surface area contributed by atoms with Crippen molar-refractivity contribution in [3.05, 3.63) is 36.5 Å². The highest BCUT2D eigenvalue weighted by Crippen LogP contribution is 2.13. The van der Waals surface area contributed by atoms with E-state index in [1.807, 2.05) is 21.0 Å². The minimum atomic E-state index is -0.711. The summed E-state index contributed by atoms with van der Waals surface area (Å²) < 4.78 is 5.21. The lowest BCUT2D eigenvalue weighted by molar-refractivity contribution is -0.859. The van der Waals surface area contributed by atoms with Crippen molar-refractivity contribution >= 4 is 19.8 Å². The molecular weight excluding hydrogens is 723 g/mol. The van der Waals surface area contributed by atoms with Crippen LogP contribution >= 0.6 is 0 Å². The van der Waals surface area contributed by atoms with Gasteiger partial charge in [-0.2, -0.15) is 0 Å². The maximum Gasteiger partial charge on any atom is 0.305 e. The third-order valence-electron chi connectivity index (χ3n) is 9.55. The normalized spacial score (nSPS) is 11.7. The number of aliphatic carboxylic acids is 1. The first kappa shape index (κ1) is 60.4. The fourth-order valence-corrected chi connectivity index (χ4v) is 5.85. The first-order valence-electron chi connectivity index (χ1n) is 23.9. The summed E-state index contributed by atoms with van der Waals surface area (Å²) in [5.41, 5.74) is 3.74. The van der Waals surface area contributed by atoms with Gasteiger partial charge in [0.15, 0.2) is 0 Å². The molecule has 0 bridgehead atoms. The number of allylic oxidation sites excluding steroid dienone is 5. The molecule has 0 aliphatic carbocycles. The number of carboxylic acid groups (broad SMARTS) is 1. The topological polar surface area (TPSA) is 98.5 Å². The van der Waals surface area contributed by atoms with Crippen molar-refractivity contribution in [3.8, 4) is 0 Å². The third-order valence-corrected chi connectivity index (χ3v) is 9.55. The molecule has 0 saturated carbocycles. The van der Waals surface area contributed by atoms with Crippen molar-refractivity contribution in [1.82, 2.24) is 5.64 Å². The van der Waals surface area contributed by atoms with Crippen LogP contribution < -0.4 is 10.5 Å². The van der Waals surface area contributed by atoms with Crippen molar-refractivity contribution in [1.29, 1.82) is 0 Å². The Balaban J connectivity index is -0.000000984. The molecule has 3 N–H and O–H groups in total. The third kappa shape index (κ3) is 63.2. The molecule has 340 valence electrons. The van der Waals surface area contributed by atoms with Gasteiger partial charge in [0.2, 0.25) is 0 Å². The van der Waals surface area contributed by atoms with Crippen LogP contribution in [0.25, 0.3) is 0 Å². The van der Waals surface area contributed by atoms with Crippen LogP contribution in [0.3, 0.4) is 0 Å². The van der Waals surface area contributed by atoms with Gasteiger partial charge in [0, 0.05) is 12.8 Å². The summed E-state index contributed by atoms with van der Waals surface area (Å²) in [5.74, 6) is -1.27. The zero-order valence-corrected chi connectivity index (χ0v) is 39.2. The molecule has 58 heavy (non-hydrogen) atoms. The van der Waals surface area contributed by atoms with Crippen molar-refractivity contribution < 1.29 is 34.0 Å². The molecule has 0 aromatic carbocycles. The Labute approximate surface area is 361 Å². The number of carboxylic acids is 1. The molecule has 0 saturated heterocycles. The summed E-state index contributed by atoms with van der Waals surface area (Å²) in [6, 6.07) is 0. The second-order valence-corrected chi connectivity index (χ2v) is 16.4. The molecule has 0 aromatic rings. The first-order valence-corrected chi connectivity index (χ1v) is 23.9. The highest BCUT2D eigenvalue weighted by atomic mass is 16.9. The number of hydrogen-bond acceptors (Lipinski definition) is 6. The molecule has 2 radical (unpaired) electrons. The molecule has 0 aliphatic rings. The number of ether oxygens (including phenoxy) is 1. The number of carbonyl (C=O) groups is 2. The smallest absolute Gasteiger partial charge is 0.305 e. The van der Waals surface area contributed by atoms with Gasteiger partial charge in [-0.05, 0) is 89.8 Å². The fraction of sp³-hybridized carbons (Fsp3) is 0.837. The summed E-state index contributed by atoms with van der Waals surface area (Å²) in [7, 11) is 9.96. The fourth-order valence-electron chi connectivity index (χ4n) is 5.85. The zero-order chi connectivity index (χ0) is 43.6. The Morgan fingerprint density at radius 1 is 0.603 bits per heavy atom. The zero-order valence-electron chi connectivity index (χ0n) is 39.2. The molecule has 0 spiro atoms. The molecule has 0 fully saturated rings. The van der Waals surface area contributed by atoms with Gasteiger partial charge in [-0.15, -0.1) is 6.58 Å². The Bertz CT molecular complexity index is 914. The monoisotopic (exact) mass is 820 g/mol. The Kier molecular flexibility index (Phi) is 55.3. The van der Waals surface area contributed by atoms with E-state index in [0.29, 0.717) is 19.4 Å². The van der Waals surface area contributed by atoms with Crippen molar-refractivity contribution in [2.45, 2.75) is 226 Å². The molecule has 9 heteroatoms. The van der Waals surface area contributed by atoms with Crippen LogP contribution in [0.5, 0.6) is 0 Å². The quantitative estimate of drug-likeness (QED) is 0.0186. The predicted octanol–water partition coefficient (Wildman–Crippen LogP) is 12.6. The summed E-state index contributed by atoms with van der Waals surface area (Å²) in [5, 5.41) is 7.91. The van der Waals surface area contributed by atoms with Crippen LogP contribution in [0, 0.1) is 0 Å². The number of esters is 1. The number of hydrogen-bond donors (Lipinski definition) is 3. The lowest BCUT2D eigenvalue weighted by Crippen LogP contribution is -3.06. The van der Waals surface area contributed by atoms with E-state index in [0.717, 1.165) is 25.8 Å². The maximum atomic E-state index is 11.8. The van der Waals surface area contributed by atoms with E-state index in [-0.39, 0.29) is 25.0 Å². The molecule has 8 nitrogen and oxygen atoms in total. The van der Waals surface area contributed by atoms with E-state index in [2.05, 4.69) is 57.3 Å². The minimum Gasteiger partial charge on any atom is -0.481 e. The van der Waals surface area contributed by atoms with Gasteiger partial charge in [0.1, 0.15) is 13.2 Å². The van der Waals surface area contributed by atoms with E-state index in [1.54, 1.807) is 0 Å². The Morgan fingerprint density at radius 2 is 1.02 bits per heavy atom. The lowest BCUT2D eigenvalue weighted by Gasteiger charge is -2.13. The first-order chi connectivity index (χ1) is 28.1. The van der Waals surface area contributed by atoms with Gasteiger partial charge in [0.25, 0.3) is 0 Å². The summed E-state index contributed by atoms with van der Waals surface area (Å²) in [4.78, 5) is 32.9. The highest BCUT2D eigenvalue weighted by Gasteiger charge is 2.08. The standard InChI is InChI=1S/C25H49BN2O4.C20H38.C4H8O2/c1-4-5-6-7-8-9-10-11-12-13-14-15-16-17-18-19-25(29)30-22-24(26)23-32-27-31-21-20-28(2)3;1-4-5-6-7-8-9-10-11-12-13-14-15-16-17-18-19-20(2)3;1-2-3-4(5)6/h11-12,24,27H,4-10,13-23H2,1-3H3;11-12H,2,4-10,13-19H2,1,3H3;2-3H2,1H3,(H,5,6)/p+1/b2*12-11-;. The number of carbonyl (C=O) groups excluding carboxylic acids is 1. The van der Waals surface area contributed by atoms with Gasteiger partial charge >= 0.3 is 11.9 Å². The number of quaternary nitrogens is 1. The molecule has 1 unspecified atom stereocenters. The maximum absolute atomic E-state index is 11.8. The van der Waals surface area contributed by atoms with E-state index in [4.69, 9.17) is 27.4 Å². The molecule has 0 rings (SSSR count). The molecule has 1 atom stereocenters. The molecule has 0 aliphatic heterocycles. The Morgan fingerprint density at radius 3 is 1.40 bits per heavy atom. The van der Waals surface area contributed by atoms with Gasteiger partial charge in [0.05, 0.1) is 35.2 Å². The summed E-state index contributed by atoms with van der Waals surface area (Å²) >= 11 is 0. The SMILES string of the molecule is C=C(C)CCCCCCC/C=C\CCCCCCCC.CCCC(=O)O.[B]C(CONOCC[NH+](C)C)COC(=O)CCCCCCC/C=C\CCCCCCCC. The second-order valence-electron chi connectivity index (χ2n) is 16.4. The molecular formula is C49H96BN2O6+. The lowest BCUT2D eigenvalue weighted by atomic mass is 9.89. The van der Waals surface area contributed by atoms with Crippen LogP contribution in [0.1, 0.15) is 220 Å². The number of rotatable bonds is 41. The van der Waals surface area contributed by atoms with Crippen LogP contribution in [-0.4, -0.2) is 65.4 Å². The average Bonchev–Trinajstić information content (AvgIpc) is 3.18. The van der Waals surface area contributed by atoms with Crippen LogP contribution in [0.2, 0.25) is 5.82 Å². The summed E-state index contributed by atoms with van der Waals surface area (Å²) in [6.45, 7) is 14.3.